The Balaban J connectivity index is 1.46. The molecule has 186 valence electrons. The van der Waals surface area contributed by atoms with Crippen LogP contribution in [0.5, 0.6) is 17.2 Å². The molecule has 3 rings (SSSR count). The van der Waals surface area contributed by atoms with Gasteiger partial charge in [0.1, 0.15) is 5.75 Å². The van der Waals surface area contributed by atoms with Crippen molar-refractivity contribution >= 4 is 23.4 Å². The summed E-state index contributed by atoms with van der Waals surface area (Å²) in [5.74, 6) is -0.488. The molecular weight excluding hydrogens is 464 g/mol. The van der Waals surface area contributed by atoms with Gasteiger partial charge < -0.3 is 14.2 Å². The third-order valence-corrected chi connectivity index (χ3v) is 5.09. The van der Waals surface area contributed by atoms with Crippen molar-refractivity contribution in [1.82, 2.24) is 10.9 Å². The molecule has 0 fully saturated rings. The summed E-state index contributed by atoms with van der Waals surface area (Å²) < 4.78 is 16.2. The molecule has 0 aliphatic carbocycles. The molecule has 9 nitrogen and oxygen atoms in total. The highest BCUT2D eigenvalue weighted by Crippen LogP contribution is 2.28. The van der Waals surface area contributed by atoms with Crippen LogP contribution in [0.4, 0.5) is 0 Å². The van der Waals surface area contributed by atoms with Crippen LogP contribution in [0.15, 0.2) is 72.8 Å². The van der Waals surface area contributed by atoms with Gasteiger partial charge in [-0.05, 0) is 56.3 Å². The van der Waals surface area contributed by atoms with E-state index in [1.54, 1.807) is 54.6 Å². The maximum absolute atomic E-state index is 12.5. The lowest BCUT2D eigenvalue weighted by molar-refractivity contribution is -0.133. The van der Waals surface area contributed by atoms with Gasteiger partial charge in [-0.2, -0.15) is 0 Å². The Morgan fingerprint density at radius 2 is 1.44 bits per heavy atom. The number of nitrogens with one attached hydrogen (secondary N) is 2. The van der Waals surface area contributed by atoms with Crippen molar-refractivity contribution in [3.05, 3.63) is 89.5 Å². The molecule has 1 atom stereocenters. The molecule has 9 heteroatoms. The minimum Gasteiger partial charge on any atom is -0.493 e. The van der Waals surface area contributed by atoms with E-state index in [1.165, 1.54) is 33.1 Å². The summed E-state index contributed by atoms with van der Waals surface area (Å²) in [6, 6.07) is 19.9. The Labute approximate surface area is 208 Å². The minimum absolute atomic E-state index is 0.120. The maximum Gasteiger partial charge on any atom is 0.279 e. The van der Waals surface area contributed by atoms with Gasteiger partial charge in [0, 0.05) is 16.7 Å². The van der Waals surface area contributed by atoms with E-state index >= 15 is 0 Å². The normalized spacial score (nSPS) is 11.1. The van der Waals surface area contributed by atoms with Crippen molar-refractivity contribution in [3.8, 4) is 17.2 Å². The van der Waals surface area contributed by atoms with Gasteiger partial charge in [0.2, 0.25) is 0 Å². The Morgan fingerprint density at radius 3 is 2.08 bits per heavy atom. The fraction of sp³-hybridized carbons (Fsp3) is 0.185. The van der Waals surface area contributed by atoms with Gasteiger partial charge in [-0.25, -0.2) is 0 Å². The molecule has 0 saturated heterocycles. The highest BCUT2D eigenvalue weighted by Gasteiger charge is 2.17. The number of benzene rings is 3. The van der Waals surface area contributed by atoms with E-state index in [0.29, 0.717) is 28.2 Å². The van der Waals surface area contributed by atoms with Crippen LogP contribution in [0.25, 0.3) is 0 Å². The zero-order valence-corrected chi connectivity index (χ0v) is 20.1. The average Bonchev–Trinajstić information content (AvgIpc) is 2.90. The van der Waals surface area contributed by atoms with Gasteiger partial charge in [-0.15, -0.1) is 0 Å². The number of carbonyl (C=O) groups is 4. The van der Waals surface area contributed by atoms with Crippen LogP contribution in [0, 0.1) is 0 Å². The van der Waals surface area contributed by atoms with Gasteiger partial charge in [0.05, 0.1) is 7.11 Å². The zero-order chi connectivity index (χ0) is 26.1. The van der Waals surface area contributed by atoms with Gasteiger partial charge in [-0.1, -0.05) is 30.3 Å². The number of rotatable bonds is 10. The fourth-order valence-corrected chi connectivity index (χ4v) is 3.12. The molecule has 0 aliphatic heterocycles. The summed E-state index contributed by atoms with van der Waals surface area (Å²) in [5.41, 5.74) is 6.03. The molecule has 0 spiro atoms. The van der Waals surface area contributed by atoms with Crippen molar-refractivity contribution in [2.75, 3.05) is 13.7 Å². The standard InChI is InChI=1S/C27H26N2O7/c1-17(30)21-11-14-23(24(15-21)34-3)35-16-25(31)28-29-27(33)18(2)36-22-12-9-20(10-13-22)26(32)19-7-5-4-6-8-19/h4-15,18H,16H2,1-3H3,(H,28,31)(H,29,33)/t18-/m0/s1. The van der Waals surface area contributed by atoms with Gasteiger partial charge in [0.25, 0.3) is 11.8 Å². The molecule has 2 amide bonds. The summed E-state index contributed by atoms with van der Waals surface area (Å²) in [7, 11) is 1.42. The van der Waals surface area contributed by atoms with Gasteiger partial charge in [-0.3, -0.25) is 30.0 Å². The number of hydrogen-bond acceptors (Lipinski definition) is 7. The van der Waals surface area contributed by atoms with Gasteiger partial charge in [0.15, 0.2) is 35.8 Å². The summed E-state index contributed by atoms with van der Waals surface area (Å²) in [6.45, 7) is 2.54. The third-order valence-electron chi connectivity index (χ3n) is 5.09. The summed E-state index contributed by atoms with van der Waals surface area (Å²) in [6.07, 6.45) is -0.930. The van der Waals surface area contributed by atoms with E-state index in [-0.39, 0.29) is 17.3 Å². The maximum atomic E-state index is 12.5. The van der Waals surface area contributed by atoms with E-state index in [0.717, 1.165) is 0 Å². The first-order valence-corrected chi connectivity index (χ1v) is 11.1. The highest BCUT2D eigenvalue weighted by atomic mass is 16.5. The van der Waals surface area contributed by atoms with Crippen LogP contribution in [-0.4, -0.2) is 43.2 Å². The van der Waals surface area contributed by atoms with E-state index < -0.39 is 24.5 Å². The largest absolute Gasteiger partial charge is 0.493 e. The smallest absolute Gasteiger partial charge is 0.279 e. The Kier molecular flexibility index (Phi) is 8.77. The molecule has 36 heavy (non-hydrogen) atoms. The van der Waals surface area contributed by atoms with Crippen molar-refractivity contribution in [2.24, 2.45) is 0 Å². The van der Waals surface area contributed by atoms with Crippen molar-refractivity contribution in [3.63, 3.8) is 0 Å². The van der Waals surface area contributed by atoms with E-state index in [9.17, 15) is 19.2 Å². The number of ketones is 2. The lowest BCUT2D eigenvalue weighted by Crippen LogP contribution is -2.48. The first kappa shape index (κ1) is 26.0. The van der Waals surface area contributed by atoms with Crippen LogP contribution in [-0.2, 0) is 9.59 Å². The first-order valence-electron chi connectivity index (χ1n) is 11.1. The molecule has 0 heterocycles. The Hall–Kier alpha value is -4.66. The zero-order valence-electron chi connectivity index (χ0n) is 20.1. The average molecular weight is 491 g/mol. The number of methoxy groups -OCH3 is 1. The molecule has 0 radical (unpaired) electrons. The van der Waals surface area contributed by atoms with E-state index in [1.807, 2.05) is 6.07 Å². The molecule has 2 N–H and O–H groups in total. The topological polar surface area (TPSA) is 120 Å². The third kappa shape index (κ3) is 6.92. The number of carbonyl (C=O) groups excluding carboxylic acids is 4. The Morgan fingerprint density at radius 1 is 0.806 bits per heavy atom. The molecule has 0 aromatic heterocycles. The van der Waals surface area contributed by atoms with Crippen molar-refractivity contribution < 1.29 is 33.4 Å². The van der Waals surface area contributed by atoms with Crippen LogP contribution in [0.2, 0.25) is 0 Å². The Bertz CT molecular complexity index is 1240. The molecule has 0 bridgehead atoms. The summed E-state index contributed by atoms with van der Waals surface area (Å²) in [5, 5.41) is 0. The van der Waals surface area contributed by atoms with Crippen molar-refractivity contribution in [2.45, 2.75) is 20.0 Å². The predicted octanol–water partition coefficient (Wildman–Crippen LogP) is 3.12. The van der Waals surface area contributed by atoms with Crippen LogP contribution < -0.4 is 25.1 Å². The number of amides is 2. The number of ether oxygens (including phenoxy) is 3. The minimum atomic E-state index is -0.930. The first-order chi connectivity index (χ1) is 17.3. The van der Waals surface area contributed by atoms with Crippen LogP contribution in [0.1, 0.15) is 40.1 Å². The lowest BCUT2D eigenvalue weighted by atomic mass is 10.0. The molecule has 0 aliphatic rings. The highest BCUT2D eigenvalue weighted by molar-refractivity contribution is 6.09. The van der Waals surface area contributed by atoms with Crippen LogP contribution >= 0.6 is 0 Å². The predicted molar refractivity (Wildman–Crippen MR) is 131 cm³/mol. The quantitative estimate of drug-likeness (QED) is 0.331. The molecule has 3 aromatic rings. The van der Waals surface area contributed by atoms with E-state index in [2.05, 4.69) is 10.9 Å². The number of hydrogen-bond donors (Lipinski definition) is 2. The molecular formula is C27H26N2O7. The SMILES string of the molecule is COc1cc(C(C)=O)ccc1OCC(=O)NNC(=O)[C@H](C)Oc1ccc(C(=O)c2ccccc2)cc1. The lowest BCUT2D eigenvalue weighted by Gasteiger charge is -2.16. The van der Waals surface area contributed by atoms with E-state index in [4.69, 9.17) is 14.2 Å². The summed E-state index contributed by atoms with van der Waals surface area (Å²) >= 11 is 0. The fourth-order valence-electron chi connectivity index (χ4n) is 3.12. The second-order valence-electron chi connectivity index (χ2n) is 7.73. The van der Waals surface area contributed by atoms with Crippen LogP contribution in [0.3, 0.4) is 0 Å². The molecule has 3 aromatic carbocycles. The second-order valence-corrected chi connectivity index (χ2v) is 7.73. The number of Topliss-reactive ketones (excluding diaryl/α,β-unsaturated/α-hetero) is 1. The van der Waals surface area contributed by atoms with Gasteiger partial charge >= 0.3 is 0 Å². The second kappa shape index (κ2) is 12.2. The summed E-state index contributed by atoms with van der Waals surface area (Å²) in [4.78, 5) is 48.3. The molecule has 0 unspecified atom stereocenters. The number of hydrazine groups is 1. The van der Waals surface area contributed by atoms with Crippen molar-refractivity contribution in [1.29, 1.82) is 0 Å². The molecule has 0 saturated carbocycles. The monoisotopic (exact) mass is 490 g/mol.